The van der Waals surface area contributed by atoms with Crippen LogP contribution in [0.25, 0.3) is 10.9 Å². The molecule has 30 heavy (non-hydrogen) atoms. The molecule has 1 fully saturated rings. The number of ether oxygens (including phenoxy) is 1. The highest BCUT2D eigenvalue weighted by Gasteiger charge is 2.25. The number of carbonyl (C=O) groups excluding carboxylic acids is 1. The zero-order valence-electron chi connectivity index (χ0n) is 17.2. The lowest BCUT2D eigenvalue weighted by Gasteiger charge is -2.35. The molecule has 0 bridgehead atoms. The lowest BCUT2D eigenvalue weighted by Crippen LogP contribution is -2.47. The third-order valence-corrected chi connectivity index (χ3v) is 5.20. The Bertz CT molecular complexity index is 1030. The van der Waals surface area contributed by atoms with Gasteiger partial charge in [0, 0.05) is 31.6 Å². The lowest BCUT2D eigenvalue weighted by atomic mass is 10.1. The van der Waals surface area contributed by atoms with Crippen LogP contribution in [-0.4, -0.2) is 53.7 Å². The first-order chi connectivity index (χ1) is 14.6. The molecule has 0 radical (unpaired) electrons. The molecule has 0 unspecified atom stereocenters. The minimum Gasteiger partial charge on any atom is -0.461 e. The summed E-state index contributed by atoms with van der Waals surface area (Å²) >= 11 is 0. The molecule has 158 valence electrons. The van der Waals surface area contributed by atoms with Crippen molar-refractivity contribution in [2.75, 3.05) is 42.6 Å². The second-order valence-corrected chi connectivity index (χ2v) is 7.15. The van der Waals surface area contributed by atoms with Gasteiger partial charge in [-0.25, -0.2) is 14.8 Å². The van der Waals surface area contributed by atoms with Crippen molar-refractivity contribution in [1.29, 1.82) is 0 Å². The Balaban J connectivity index is 1.53. The summed E-state index contributed by atoms with van der Waals surface area (Å²) in [6.45, 7) is 6.94. The van der Waals surface area contributed by atoms with E-state index in [9.17, 15) is 4.79 Å². The lowest BCUT2D eigenvalue weighted by molar-refractivity contribution is 0.0519. The molecule has 2 N–H and O–H groups in total. The van der Waals surface area contributed by atoms with Gasteiger partial charge in [0.15, 0.2) is 5.69 Å². The van der Waals surface area contributed by atoms with Gasteiger partial charge in [-0.1, -0.05) is 19.1 Å². The summed E-state index contributed by atoms with van der Waals surface area (Å²) < 4.78 is 10.5. The van der Waals surface area contributed by atoms with Crippen LogP contribution in [0.5, 0.6) is 0 Å². The van der Waals surface area contributed by atoms with Gasteiger partial charge in [0.1, 0.15) is 17.9 Å². The molecule has 0 saturated carbocycles. The van der Waals surface area contributed by atoms with E-state index in [1.54, 1.807) is 6.92 Å². The number of aromatic nitrogens is 3. The van der Waals surface area contributed by atoms with E-state index in [2.05, 4.69) is 14.9 Å². The van der Waals surface area contributed by atoms with Crippen molar-refractivity contribution in [1.82, 2.24) is 15.0 Å². The third kappa shape index (κ3) is 3.93. The highest BCUT2D eigenvalue weighted by molar-refractivity contribution is 5.89. The molecule has 1 saturated heterocycles. The summed E-state index contributed by atoms with van der Waals surface area (Å²) in [5.74, 6) is 1.09. The van der Waals surface area contributed by atoms with Crippen LogP contribution in [0.1, 0.15) is 42.6 Å². The summed E-state index contributed by atoms with van der Waals surface area (Å²) in [7, 11) is 0. The van der Waals surface area contributed by atoms with Crippen molar-refractivity contribution in [3.8, 4) is 0 Å². The van der Waals surface area contributed by atoms with Gasteiger partial charge in [0.05, 0.1) is 18.2 Å². The normalized spacial score (nSPS) is 15.4. The fourth-order valence-electron chi connectivity index (χ4n) is 3.48. The summed E-state index contributed by atoms with van der Waals surface area (Å²) in [6.07, 6.45) is 2.12. The maximum Gasteiger partial charge on any atom is 0.360 e. The monoisotopic (exact) mass is 410 g/mol. The van der Waals surface area contributed by atoms with Gasteiger partial charge < -0.3 is 24.7 Å². The SMILES string of the molecule is CCOC(=O)c1coc(N2CCN(c3nc([C@@H](N)CC)nc4ccccc34)CC2)n1. The number of fused-ring (bicyclic) bond motifs is 1. The first-order valence-corrected chi connectivity index (χ1v) is 10.3. The highest BCUT2D eigenvalue weighted by Crippen LogP contribution is 2.27. The molecule has 3 aromatic rings. The zero-order valence-corrected chi connectivity index (χ0v) is 17.2. The summed E-state index contributed by atoms with van der Waals surface area (Å²) in [4.78, 5) is 29.8. The minimum absolute atomic E-state index is 0.189. The summed E-state index contributed by atoms with van der Waals surface area (Å²) in [5.41, 5.74) is 7.31. The van der Waals surface area contributed by atoms with Crippen molar-refractivity contribution >= 4 is 28.7 Å². The quantitative estimate of drug-likeness (QED) is 0.613. The average molecular weight is 410 g/mol. The van der Waals surface area contributed by atoms with E-state index in [1.807, 2.05) is 36.1 Å². The Morgan fingerprint density at radius 3 is 2.60 bits per heavy atom. The van der Waals surface area contributed by atoms with E-state index in [4.69, 9.17) is 19.9 Å². The van der Waals surface area contributed by atoms with E-state index in [1.165, 1.54) is 6.26 Å². The Labute approximate surface area is 174 Å². The molecule has 0 spiro atoms. The number of benzene rings is 1. The number of carbonyl (C=O) groups is 1. The van der Waals surface area contributed by atoms with Crippen LogP contribution >= 0.6 is 0 Å². The average Bonchev–Trinajstić information content (AvgIpc) is 3.28. The van der Waals surface area contributed by atoms with Crippen molar-refractivity contribution in [3.05, 3.63) is 42.0 Å². The molecular weight excluding hydrogens is 384 g/mol. The molecular formula is C21H26N6O3. The van der Waals surface area contributed by atoms with Crippen LogP contribution < -0.4 is 15.5 Å². The third-order valence-electron chi connectivity index (χ3n) is 5.20. The topological polar surface area (TPSA) is 111 Å². The standard InChI is InChI=1S/C21H26N6O3/c1-3-15(22)18-23-16-8-6-5-7-14(16)19(25-18)26-9-11-27(12-10-26)21-24-17(13-30-21)20(28)29-4-2/h5-8,13,15H,3-4,9-12,22H2,1-2H3/t15-/m0/s1. The molecule has 0 aliphatic carbocycles. The van der Waals surface area contributed by atoms with Gasteiger partial charge in [0.25, 0.3) is 6.01 Å². The van der Waals surface area contributed by atoms with E-state index < -0.39 is 5.97 Å². The van der Waals surface area contributed by atoms with Gasteiger partial charge in [-0.3, -0.25) is 0 Å². The Morgan fingerprint density at radius 1 is 1.13 bits per heavy atom. The van der Waals surface area contributed by atoms with Crippen LogP contribution in [0.3, 0.4) is 0 Å². The number of nitrogens with zero attached hydrogens (tertiary/aromatic N) is 5. The first kappa shape index (κ1) is 20.1. The number of anilines is 2. The van der Waals surface area contributed by atoms with Crippen LogP contribution in [0.15, 0.2) is 34.9 Å². The van der Waals surface area contributed by atoms with Gasteiger partial charge in [-0.05, 0) is 25.5 Å². The fraction of sp³-hybridized carbons (Fsp3) is 0.429. The fourth-order valence-corrected chi connectivity index (χ4v) is 3.48. The van der Waals surface area contributed by atoms with Crippen LogP contribution in [0, 0.1) is 0 Å². The first-order valence-electron chi connectivity index (χ1n) is 10.3. The predicted molar refractivity (Wildman–Crippen MR) is 114 cm³/mol. The molecule has 1 atom stereocenters. The summed E-state index contributed by atoms with van der Waals surface area (Å²) in [5, 5.41) is 1.01. The van der Waals surface area contributed by atoms with E-state index >= 15 is 0 Å². The molecule has 9 nitrogen and oxygen atoms in total. The van der Waals surface area contributed by atoms with E-state index in [-0.39, 0.29) is 11.7 Å². The van der Waals surface area contributed by atoms with Crippen molar-refractivity contribution in [2.45, 2.75) is 26.3 Å². The van der Waals surface area contributed by atoms with Gasteiger partial charge in [-0.15, -0.1) is 0 Å². The predicted octanol–water partition coefficient (Wildman–Crippen LogP) is 2.53. The molecule has 2 aromatic heterocycles. The number of para-hydroxylation sites is 1. The zero-order chi connectivity index (χ0) is 21.1. The highest BCUT2D eigenvalue weighted by atomic mass is 16.5. The number of esters is 1. The Kier molecular flexibility index (Phi) is 5.80. The van der Waals surface area contributed by atoms with Crippen LogP contribution in [0.2, 0.25) is 0 Å². The molecule has 0 amide bonds. The smallest absolute Gasteiger partial charge is 0.360 e. The largest absolute Gasteiger partial charge is 0.461 e. The van der Waals surface area contributed by atoms with Crippen LogP contribution in [-0.2, 0) is 4.74 Å². The van der Waals surface area contributed by atoms with Gasteiger partial charge >= 0.3 is 5.97 Å². The van der Waals surface area contributed by atoms with Crippen molar-refractivity contribution < 1.29 is 13.9 Å². The molecule has 1 aliphatic rings. The van der Waals surface area contributed by atoms with Gasteiger partial charge in [0.2, 0.25) is 0 Å². The van der Waals surface area contributed by atoms with Gasteiger partial charge in [-0.2, -0.15) is 4.98 Å². The second kappa shape index (κ2) is 8.66. The number of hydrogen-bond donors (Lipinski definition) is 1. The maximum atomic E-state index is 11.8. The van der Waals surface area contributed by atoms with Crippen molar-refractivity contribution in [2.24, 2.45) is 5.73 Å². The number of oxazole rings is 1. The number of nitrogens with two attached hydrogens (primary N) is 1. The van der Waals surface area contributed by atoms with Crippen molar-refractivity contribution in [3.63, 3.8) is 0 Å². The number of rotatable bonds is 6. The number of hydrogen-bond acceptors (Lipinski definition) is 9. The Hall–Kier alpha value is -3.20. The Morgan fingerprint density at radius 2 is 1.87 bits per heavy atom. The second-order valence-electron chi connectivity index (χ2n) is 7.15. The molecule has 3 heterocycles. The molecule has 9 heteroatoms. The maximum absolute atomic E-state index is 11.8. The number of piperazine rings is 1. The van der Waals surface area contributed by atoms with E-state index in [0.29, 0.717) is 31.5 Å². The van der Waals surface area contributed by atoms with E-state index in [0.717, 1.165) is 36.2 Å². The molecule has 1 aliphatic heterocycles. The molecule has 4 rings (SSSR count). The summed E-state index contributed by atoms with van der Waals surface area (Å²) in [6, 6.07) is 8.24. The van der Waals surface area contributed by atoms with Crippen LogP contribution in [0.4, 0.5) is 11.8 Å². The molecule has 1 aromatic carbocycles. The minimum atomic E-state index is -0.474.